The van der Waals surface area contributed by atoms with Crippen molar-refractivity contribution >= 4 is 46.3 Å². The van der Waals surface area contributed by atoms with Gasteiger partial charge in [0.05, 0.1) is 16.6 Å². The van der Waals surface area contributed by atoms with E-state index >= 15 is 0 Å². The van der Waals surface area contributed by atoms with Crippen LogP contribution in [0.25, 0.3) is 17.1 Å². The molecule has 0 saturated heterocycles. The lowest BCUT2D eigenvalue weighted by molar-refractivity contribution is 0.381. The Kier molecular flexibility index (Phi) is 4.42. The van der Waals surface area contributed by atoms with Crippen molar-refractivity contribution < 1.29 is 4.74 Å². The molecule has 0 aliphatic carbocycles. The van der Waals surface area contributed by atoms with Gasteiger partial charge in [-0.05, 0) is 36.4 Å². The highest BCUT2D eigenvalue weighted by Crippen LogP contribution is 2.25. The van der Waals surface area contributed by atoms with Crippen molar-refractivity contribution in [3.05, 3.63) is 83.4 Å². The van der Waals surface area contributed by atoms with Crippen molar-refractivity contribution in [1.82, 2.24) is 14.5 Å². The van der Waals surface area contributed by atoms with Gasteiger partial charge in [0, 0.05) is 29.2 Å². The maximum atomic E-state index is 5.81. The molecule has 6 nitrogen and oxygen atoms in total. The van der Waals surface area contributed by atoms with Crippen LogP contribution >= 0.6 is 12.2 Å². The minimum absolute atomic E-state index is 0.302. The van der Waals surface area contributed by atoms with Crippen LogP contribution in [0.3, 0.4) is 0 Å². The largest absolute Gasteiger partial charge is 0.488 e. The number of thiocarbonyl (C=S) groups is 1. The Labute approximate surface area is 171 Å². The molecule has 140 valence electrons. The van der Waals surface area contributed by atoms with Crippen LogP contribution in [0.2, 0.25) is 0 Å². The summed E-state index contributed by atoms with van der Waals surface area (Å²) in [4.78, 5) is 18.4. The van der Waals surface area contributed by atoms with E-state index in [0.29, 0.717) is 23.2 Å². The Morgan fingerprint density at radius 3 is 2.90 bits per heavy atom. The van der Waals surface area contributed by atoms with Gasteiger partial charge in [0.25, 0.3) is 0 Å². The first-order valence-corrected chi connectivity index (χ1v) is 9.46. The average Bonchev–Trinajstić information content (AvgIpc) is 3.20. The van der Waals surface area contributed by atoms with Gasteiger partial charge in [0.15, 0.2) is 5.82 Å². The Morgan fingerprint density at radius 1 is 1.00 bits per heavy atom. The van der Waals surface area contributed by atoms with Crippen LogP contribution in [0.5, 0.6) is 5.75 Å². The SMILES string of the molecule is S=C1/N=C/COc2ccc3ncnc(c3c2)/N=c2\cccc\c2=C/n2cccc21. The zero-order valence-corrected chi connectivity index (χ0v) is 16.1. The number of aliphatic imine (C=N–C) groups is 1. The van der Waals surface area contributed by atoms with Crippen molar-refractivity contribution in [3.63, 3.8) is 0 Å². The van der Waals surface area contributed by atoms with Gasteiger partial charge in [-0.3, -0.25) is 0 Å². The summed E-state index contributed by atoms with van der Waals surface area (Å²) >= 11 is 5.49. The molecule has 2 bridgehead atoms. The highest BCUT2D eigenvalue weighted by atomic mass is 32.1. The quantitative estimate of drug-likeness (QED) is 0.428. The molecule has 3 heterocycles. The van der Waals surface area contributed by atoms with E-state index in [1.165, 1.54) is 6.33 Å². The fourth-order valence-electron chi connectivity index (χ4n) is 3.17. The summed E-state index contributed by atoms with van der Waals surface area (Å²) in [5, 5.41) is 2.55. The van der Waals surface area contributed by atoms with E-state index in [-0.39, 0.29) is 0 Å². The van der Waals surface area contributed by atoms with Gasteiger partial charge in [0.1, 0.15) is 23.7 Å². The van der Waals surface area contributed by atoms with Crippen molar-refractivity contribution in [2.45, 2.75) is 0 Å². The average molecular weight is 397 g/mol. The first-order valence-electron chi connectivity index (χ1n) is 9.05. The van der Waals surface area contributed by atoms with Gasteiger partial charge in [0.2, 0.25) is 0 Å². The highest BCUT2D eigenvalue weighted by Gasteiger charge is 2.07. The van der Waals surface area contributed by atoms with Crippen LogP contribution in [0.1, 0.15) is 5.69 Å². The first kappa shape index (κ1) is 17.4. The maximum absolute atomic E-state index is 5.81. The highest BCUT2D eigenvalue weighted by molar-refractivity contribution is 7.80. The number of hydrogen-bond acceptors (Lipinski definition) is 5. The molecule has 0 unspecified atom stereocenters. The standard InChI is InChI=1S/C22H15N5OS/c29-22-20-6-3-10-27(20)13-15-4-1-2-5-18(15)26-21-17-12-16(28-11-9-23-22)7-8-19(17)24-14-25-21/h1-10,12-14H,11H2/b15-13+,23-9+,26-18+. The van der Waals surface area contributed by atoms with Crippen LogP contribution < -0.4 is 15.3 Å². The van der Waals surface area contributed by atoms with E-state index < -0.39 is 0 Å². The topological polar surface area (TPSA) is 64.7 Å². The Hall–Kier alpha value is -3.71. The molecule has 0 radical (unpaired) electrons. The molecule has 1 aliphatic rings. The van der Waals surface area contributed by atoms with E-state index in [4.69, 9.17) is 21.9 Å². The van der Waals surface area contributed by atoms with Crippen LogP contribution in [-0.4, -0.2) is 32.3 Å². The number of para-hydroxylation sites is 1. The second-order valence-corrected chi connectivity index (χ2v) is 6.79. The van der Waals surface area contributed by atoms with Crippen LogP contribution in [0.15, 0.2) is 77.1 Å². The van der Waals surface area contributed by atoms with Gasteiger partial charge >= 0.3 is 0 Å². The zero-order chi connectivity index (χ0) is 19.6. The van der Waals surface area contributed by atoms with Crippen molar-refractivity contribution in [1.29, 1.82) is 0 Å². The molecule has 0 spiro atoms. The van der Waals surface area contributed by atoms with E-state index in [2.05, 4.69) is 15.0 Å². The summed E-state index contributed by atoms with van der Waals surface area (Å²) < 4.78 is 7.76. The lowest BCUT2D eigenvalue weighted by atomic mass is 10.2. The third kappa shape index (κ3) is 3.43. The third-order valence-electron chi connectivity index (χ3n) is 4.56. The minimum atomic E-state index is 0.302. The van der Waals surface area contributed by atoms with Gasteiger partial charge < -0.3 is 9.30 Å². The molecule has 0 fully saturated rings. The number of aromatic nitrogens is 3. The zero-order valence-electron chi connectivity index (χ0n) is 15.3. The Balaban J connectivity index is 1.83. The summed E-state index contributed by atoms with van der Waals surface area (Å²) in [6, 6.07) is 17.4. The monoisotopic (exact) mass is 397 g/mol. The molecular weight excluding hydrogens is 382 g/mol. The molecule has 0 atom stereocenters. The van der Waals surface area contributed by atoms with Crippen molar-refractivity contribution in [2.75, 3.05) is 6.61 Å². The normalized spacial score (nSPS) is 16.9. The number of rotatable bonds is 0. The molecule has 7 heteroatoms. The Bertz CT molecular complexity index is 1390. The molecule has 4 aromatic rings. The summed E-state index contributed by atoms with van der Waals surface area (Å²) in [7, 11) is 0. The number of ether oxygens (including phenoxy) is 1. The molecular formula is C22H15N5OS. The number of hydrogen-bond donors (Lipinski definition) is 0. The van der Waals surface area contributed by atoms with Crippen molar-refractivity contribution in [2.24, 2.45) is 9.98 Å². The molecule has 5 rings (SSSR count). The van der Waals surface area contributed by atoms with E-state index in [9.17, 15) is 0 Å². The lowest BCUT2D eigenvalue weighted by Crippen LogP contribution is -2.25. The Morgan fingerprint density at radius 2 is 1.93 bits per heavy atom. The summed E-state index contributed by atoms with van der Waals surface area (Å²) in [5.74, 6) is 1.28. The predicted octanol–water partition coefficient (Wildman–Crippen LogP) is 2.81. The predicted molar refractivity (Wildman–Crippen MR) is 116 cm³/mol. The lowest BCUT2D eigenvalue weighted by Gasteiger charge is -2.05. The van der Waals surface area contributed by atoms with Crippen molar-refractivity contribution in [3.8, 4) is 5.75 Å². The van der Waals surface area contributed by atoms with E-state index in [1.54, 1.807) is 6.21 Å². The summed E-state index contributed by atoms with van der Waals surface area (Å²) in [6.07, 6.45) is 7.12. The van der Waals surface area contributed by atoms with Gasteiger partial charge in [-0.25, -0.2) is 20.0 Å². The second-order valence-electron chi connectivity index (χ2n) is 6.40. The molecule has 2 aromatic heterocycles. The second kappa shape index (κ2) is 7.37. The van der Waals surface area contributed by atoms with Crippen LogP contribution in [-0.2, 0) is 0 Å². The summed E-state index contributed by atoms with van der Waals surface area (Å²) in [5.41, 5.74) is 1.63. The van der Waals surface area contributed by atoms with Gasteiger partial charge in [-0.1, -0.05) is 30.4 Å². The fourth-order valence-corrected chi connectivity index (χ4v) is 3.42. The van der Waals surface area contributed by atoms with Crippen LogP contribution in [0.4, 0.5) is 5.82 Å². The van der Waals surface area contributed by atoms with Crippen LogP contribution in [0, 0.1) is 0 Å². The smallest absolute Gasteiger partial charge is 0.163 e. The molecule has 0 N–H and O–H groups in total. The molecule has 2 aromatic carbocycles. The maximum Gasteiger partial charge on any atom is 0.163 e. The number of benzene rings is 2. The summed E-state index contributed by atoms with van der Waals surface area (Å²) in [6.45, 7) is 0.302. The molecule has 29 heavy (non-hydrogen) atoms. The molecule has 1 aliphatic heterocycles. The van der Waals surface area contributed by atoms with E-state index in [0.717, 1.165) is 27.2 Å². The fraction of sp³-hybridized carbons (Fsp3) is 0.0455. The number of fused-ring (bicyclic) bond motifs is 3. The van der Waals surface area contributed by atoms with Gasteiger partial charge in [-0.2, -0.15) is 0 Å². The minimum Gasteiger partial charge on any atom is -0.488 e. The first-order chi connectivity index (χ1) is 14.3. The molecule has 0 amide bonds. The third-order valence-corrected chi connectivity index (χ3v) is 4.87. The van der Waals surface area contributed by atoms with Gasteiger partial charge in [-0.15, -0.1) is 0 Å². The number of nitrogens with zero attached hydrogens (tertiary/aromatic N) is 5. The van der Waals surface area contributed by atoms with E-state index in [1.807, 2.05) is 71.6 Å². The molecule has 0 saturated carbocycles.